The molecule has 8 heteroatoms. The van der Waals surface area contributed by atoms with Crippen molar-refractivity contribution in [1.29, 1.82) is 0 Å². The number of aliphatic hydroxyl groups excluding tert-OH is 1. The van der Waals surface area contributed by atoms with E-state index in [1.807, 2.05) is 36.4 Å². The maximum absolute atomic E-state index is 12.7. The summed E-state index contributed by atoms with van der Waals surface area (Å²) in [6, 6.07) is 16.1. The van der Waals surface area contributed by atoms with Crippen molar-refractivity contribution in [3.05, 3.63) is 65.4 Å². The molecule has 2 aromatic carbocycles. The quantitative estimate of drug-likeness (QED) is 0.530. The first-order valence-corrected chi connectivity index (χ1v) is 10.3. The van der Waals surface area contributed by atoms with Gasteiger partial charge in [-0.05, 0) is 36.2 Å². The molecule has 2 aliphatic heterocycles. The standard InChI is InChI=1S/C23H26N4O4/c1-31-23(30)17-14-27(12-13-28)22(29)21(17)25-16-8-6-15(7-9-16)18-10-11-24-19-4-2-3-5-20(19)26-18/h2-9,18,24-26,28H,10-14H2,1H3. The number of anilines is 3. The normalized spacial score (nSPS) is 18.1. The number of para-hydroxylation sites is 2. The Labute approximate surface area is 180 Å². The molecule has 0 saturated carbocycles. The Morgan fingerprint density at radius 3 is 2.65 bits per heavy atom. The van der Waals surface area contributed by atoms with Crippen molar-refractivity contribution in [1.82, 2.24) is 4.90 Å². The fourth-order valence-corrected chi connectivity index (χ4v) is 3.92. The van der Waals surface area contributed by atoms with Crippen LogP contribution in [0.5, 0.6) is 0 Å². The number of hydrogen-bond donors (Lipinski definition) is 4. The van der Waals surface area contributed by atoms with Gasteiger partial charge in [0.05, 0.1) is 43.3 Å². The highest BCUT2D eigenvalue weighted by atomic mass is 16.5. The zero-order valence-corrected chi connectivity index (χ0v) is 17.4. The highest BCUT2D eigenvalue weighted by Gasteiger charge is 2.34. The summed E-state index contributed by atoms with van der Waals surface area (Å²) >= 11 is 0. The smallest absolute Gasteiger partial charge is 0.337 e. The van der Waals surface area contributed by atoms with E-state index >= 15 is 0 Å². The minimum absolute atomic E-state index is 0.116. The number of nitrogens with zero attached hydrogens (tertiary/aromatic N) is 1. The van der Waals surface area contributed by atoms with E-state index in [1.54, 1.807) is 0 Å². The first-order chi connectivity index (χ1) is 15.1. The Morgan fingerprint density at radius 2 is 1.94 bits per heavy atom. The van der Waals surface area contributed by atoms with Crippen LogP contribution in [0, 0.1) is 0 Å². The molecule has 0 radical (unpaired) electrons. The van der Waals surface area contributed by atoms with E-state index in [-0.39, 0.29) is 42.9 Å². The van der Waals surface area contributed by atoms with Crippen molar-refractivity contribution >= 4 is 28.9 Å². The van der Waals surface area contributed by atoms with Crippen LogP contribution in [0.2, 0.25) is 0 Å². The molecular weight excluding hydrogens is 396 g/mol. The lowest BCUT2D eigenvalue weighted by molar-refractivity contribution is -0.136. The highest BCUT2D eigenvalue weighted by molar-refractivity contribution is 6.08. The van der Waals surface area contributed by atoms with E-state index in [4.69, 9.17) is 4.74 Å². The average molecular weight is 422 g/mol. The lowest BCUT2D eigenvalue weighted by atomic mass is 10.0. The predicted molar refractivity (Wildman–Crippen MR) is 119 cm³/mol. The number of benzene rings is 2. The monoisotopic (exact) mass is 422 g/mol. The van der Waals surface area contributed by atoms with Gasteiger partial charge in [-0.3, -0.25) is 4.79 Å². The van der Waals surface area contributed by atoms with Crippen LogP contribution in [-0.2, 0) is 14.3 Å². The molecule has 2 aliphatic rings. The number of amides is 1. The lowest BCUT2D eigenvalue weighted by Crippen LogP contribution is -2.31. The van der Waals surface area contributed by atoms with Crippen LogP contribution in [0.4, 0.5) is 17.1 Å². The van der Waals surface area contributed by atoms with E-state index < -0.39 is 5.97 Å². The molecule has 1 unspecified atom stereocenters. The predicted octanol–water partition coefficient (Wildman–Crippen LogP) is 2.33. The van der Waals surface area contributed by atoms with Crippen LogP contribution < -0.4 is 16.0 Å². The molecule has 31 heavy (non-hydrogen) atoms. The van der Waals surface area contributed by atoms with Crippen molar-refractivity contribution < 1.29 is 19.4 Å². The van der Waals surface area contributed by atoms with Crippen molar-refractivity contribution in [3.63, 3.8) is 0 Å². The maximum atomic E-state index is 12.7. The number of ether oxygens (including phenoxy) is 1. The summed E-state index contributed by atoms with van der Waals surface area (Å²) in [7, 11) is 1.29. The first kappa shape index (κ1) is 20.7. The highest BCUT2D eigenvalue weighted by Crippen LogP contribution is 2.32. The number of methoxy groups -OCH3 is 1. The van der Waals surface area contributed by atoms with Gasteiger partial charge >= 0.3 is 5.97 Å². The van der Waals surface area contributed by atoms with Crippen LogP contribution in [0.3, 0.4) is 0 Å². The molecule has 0 saturated heterocycles. The number of nitrogens with one attached hydrogen (secondary N) is 3. The molecule has 1 amide bonds. The van der Waals surface area contributed by atoms with Gasteiger partial charge in [0.1, 0.15) is 5.70 Å². The lowest BCUT2D eigenvalue weighted by Gasteiger charge is -2.19. The first-order valence-electron chi connectivity index (χ1n) is 10.3. The van der Waals surface area contributed by atoms with E-state index in [1.165, 1.54) is 12.0 Å². The SMILES string of the molecule is COC(=O)C1=C(Nc2ccc(C3CCNc4ccccc4N3)cc2)C(=O)N(CCO)C1. The number of carbonyl (C=O) groups is 2. The summed E-state index contributed by atoms with van der Waals surface area (Å²) in [5.41, 5.74) is 4.45. The van der Waals surface area contributed by atoms with Gasteiger partial charge in [0.25, 0.3) is 5.91 Å². The summed E-state index contributed by atoms with van der Waals surface area (Å²) in [5, 5.41) is 19.3. The van der Waals surface area contributed by atoms with Gasteiger partial charge in [-0.2, -0.15) is 0 Å². The summed E-state index contributed by atoms with van der Waals surface area (Å²) in [4.78, 5) is 26.2. The number of rotatable bonds is 6. The molecule has 162 valence electrons. The molecule has 4 N–H and O–H groups in total. The molecule has 4 rings (SSSR count). The number of fused-ring (bicyclic) bond motifs is 1. The topological polar surface area (TPSA) is 103 Å². The molecule has 0 aliphatic carbocycles. The van der Waals surface area contributed by atoms with Crippen LogP contribution in [0.25, 0.3) is 0 Å². The third kappa shape index (κ3) is 4.34. The second kappa shape index (κ2) is 9.09. The van der Waals surface area contributed by atoms with Crippen molar-refractivity contribution in [2.75, 3.05) is 49.3 Å². The summed E-state index contributed by atoms with van der Waals surface area (Å²) in [5.74, 6) is -0.881. The fraction of sp³-hybridized carbons (Fsp3) is 0.304. The number of aliphatic hydroxyl groups is 1. The Kier molecular flexibility index (Phi) is 6.08. The molecule has 1 atom stereocenters. The largest absolute Gasteiger partial charge is 0.466 e. The molecule has 2 heterocycles. The molecule has 2 aromatic rings. The van der Waals surface area contributed by atoms with E-state index in [9.17, 15) is 14.7 Å². The number of esters is 1. The molecule has 0 bridgehead atoms. The number of carbonyl (C=O) groups excluding carboxylic acids is 2. The van der Waals surface area contributed by atoms with Gasteiger partial charge in [0, 0.05) is 18.8 Å². The van der Waals surface area contributed by atoms with Gasteiger partial charge < -0.3 is 30.7 Å². The Morgan fingerprint density at radius 1 is 1.19 bits per heavy atom. The van der Waals surface area contributed by atoms with Gasteiger partial charge in [0.2, 0.25) is 0 Å². The van der Waals surface area contributed by atoms with Gasteiger partial charge in [-0.25, -0.2) is 4.79 Å². The second-order valence-corrected chi connectivity index (χ2v) is 7.50. The van der Waals surface area contributed by atoms with Crippen molar-refractivity contribution in [2.24, 2.45) is 0 Å². The van der Waals surface area contributed by atoms with Gasteiger partial charge in [-0.1, -0.05) is 24.3 Å². The Bertz CT molecular complexity index is 1000. The van der Waals surface area contributed by atoms with Crippen molar-refractivity contribution in [3.8, 4) is 0 Å². The molecule has 0 spiro atoms. The van der Waals surface area contributed by atoms with E-state index in [0.29, 0.717) is 5.69 Å². The van der Waals surface area contributed by atoms with E-state index in [0.717, 1.165) is 29.9 Å². The maximum Gasteiger partial charge on any atom is 0.337 e. The Hall–Kier alpha value is -3.52. The third-order valence-corrected chi connectivity index (χ3v) is 5.54. The molecule has 8 nitrogen and oxygen atoms in total. The zero-order valence-electron chi connectivity index (χ0n) is 17.4. The fourth-order valence-electron chi connectivity index (χ4n) is 3.92. The minimum Gasteiger partial charge on any atom is -0.466 e. The summed E-state index contributed by atoms with van der Waals surface area (Å²) in [6.45, 7) is 0.963. The number of β-amino-alcohol motifs (C(OH)–C–C–N with tert-alkyl or cyclic N) is 1. The second-order valence-electron chi connectivity index (χ2n) is 7.50. The van der Waals surface area contributed by atoms with Crippen LogP contribution >= 0.6 is 0 Å². The van der Waals surface area contributed by atoms with Crippen molar-refractivity contribution in [2.45, 2.75) is 12.5 Å². The van der Waals surface area contributed by atoms with Crippen LogP contribution in [-0.4, -0.2) is 55.2 Å². The number of hydrogen-bond acceptors (Lipinski definition) is 7. The zero-order chi connectivity index (χ0) is 21.8. The van der Waals surface area contributed by atoms with Gasteiger partial charge in [-0.15, -0.1) is 0 Å². The van der Waals surface area contributed by atoms with E-state index in [2.05, 4.69) is 28.1 Å². The average Bonchev–Trinajstić information content (AvgIpc) is 2.97. The van der Waals surface area contributed by atoms with Gasteiger partial charge in [0.15, 0.2) is 0 Å². The molecule has 0 aromatic heterocycles. The van der Waals surface area contributed by atoms with Crippen LogP contribution in [0.1, 0.15) is 18.0 Å². The minimum atomic E-state index is -0.554. The summed E-state index contributed by atoms with van der Waals surface area (Å²) < 4.78 is 4.82. The Balaban J connectivity index is 1.51. The third-order valence-electron chi connectivity index (χ3n) is 5.54. The summed E-state index contributed by atoms with van der Waals surface area (Å²) in [6.07, 6.45) is 0.924. The van der Waals surface area contributed by atoms with Crippen LogP contribution in [0.15, 0.2) is 59.8 Å². The molecule has 0 fully saturated rings. The molecular formula is C23H26N4O4.